The summed E-state index contributed by atoms with van der Waals surface area (Å²) < 4.78 is 0. The highest BCUT2D eigenvalue weighted by molar-refractivity contribution is 5.80. The zero-order valence-corrected chi connectivity index (χ0v) is 8.89. The zero-order valence-electron chi connectivity index (χ0n) is 8.89. The van der Waals surface area contributed by atoms with E-state index in [1.54, 1.807) is 0 Å². The van der Waals surface area contributed by atoms with Gasteiger partial charge in [0, 0.05) is 12.3 Å². The van der Waals surface area contributed by atoms with Crippen LogP contribution < -0.4 is 0 Å². The Kier molecular flexibility index (Phi) is 6.04. The van der Waals surface area contributed by atoms with Crippen LogP contribution in [-0.4, -0.2) is 5.78 Å². The average molecular weight is 170 g/mol. The fourth-order valence-electron chi connectivity index (χ4n) is 1.31. The molecule has 0 aliphatic carbocycles. The maximum absolute atomic E-state index is 11.3. The summed E-state index contributed by atoms with van der Waals surface area (Å²) in [5, 5.41) is 0. The van der Waals surface area contributed by atoms with Crippen LogP contribution in [0.25, 0.3) is 0 Å². The molecule has 0 saturated carbocycles. The van der Waals surface area contributed by atoms with Crippen LogP contribution in [0.5, 0.6) is 0 Å². The van der Waals surface area contributed by atoms with Crippen molar-refractivity contribution in [3.05, 3.63) is 0 Å². The Labute approximate surface area is 76.6 Å². The molecule has 0 aromatic carbocycles. The smallest absolute Gasteiger partial charge is 0.135 e. The summed E-state index contributed by atoms with van der Waals surface area (Å²) in [6, 6.07) is 0. The van der Waals surface area contributed by atoms with Crippen LogP contribution in [-0.2, 0) is 4.79 Å². The molecular formula is C11H22O. The van der Waals surface area contributed by atoms with Crippen molar-refractivity contribution in [2.24, 2.45) is 11.8 Å². The van der Waals surface area contributed by atoms with Gasteiger partial charge in [0.2, 0.25) is 0 Å². The summed E-state index contributed by atoms with van der Waals surface area (Å²) in [7, 11) is 0. The molecule has 1 atom stereocenters. The van der Waals surface area contributed by atoms with E-state index in [2.05, 4.69) is 13.8 Å². The van der Waals surface area contributed by atoms with E-state index in [0.29, 0.717) is 5.78 Å². The van der Waals surface area contributed by atoms with Crippen LogP contribution in [0.2, 0.25) is 0 Å². The minimum atomic E-state index is 0.221. The van der Waals surface area contributed by atoms with E-state index in [1.807, 2.05) is 13.8 Å². The van der Waals surface area contributed by atoms with Gasteiger partial charge in [0.25, 0.3) is 0 Å². The molecule has 1 unspecified atom stereocenters. The molecule has 72 valence electrons. The van der Waals surface area contributed by atoms with Gasteiger partial charge in [0.1, 0.15) is 5.78 Å². The second kappa shape index (κ2) is 6.22. The topological polar surface area (TPSA) is 17.1 Å². The van der Waals surface area contributed by atoms with Gasteiger partial charge in [-0.05, 0) is 12.3 Å². The zero-order chi connectivity index (χ0) is 9.56. The maximum atomic E-state index is 11.3. The van der Waals surface area contributed by atoms with E-state index in [9.17, 15) is 4.79 Å². The first-order valence-electron chi connectivity index (χ1n) is 5.10. The van der Waals surface area contributed by atoms with Gasteiger partial charge in [0.05, 0.1) is 0 Å². The lowest BCUT2D eigenvalue weighted by molar-refractivity contribution is -0.122. The molecule has 0 bridgehead atoms. The van der Waals surface area contributed by atoms with Gasteiger partial charge in [-0.15, -0.1) is 0 Å². The largest absolute Gasteiger partial charge is 0.299 e. The fraction of sp³-hybridized carbons (Fsp3) is 0.909. The van der Waals surface area contributed by atoms with Gasteiger partial charge in [-0.3, -0.25) is 4.79 Å². The van der Waals surface area contributed by atoms with Crippen molar-refractivity contribution in [1.29, 1.82) is 0 Å². The molecular weight excluding hydrogens is 148 g/mol. The number of Topliss-reactive ketones (excluding diaryl/α,β-unsaturated/α-hetero) is 1. The summed E-state index contributed by atoms with van der Waals surface area (Å²) in [6.45, 7) is 8.39. The van der Waals surface area contributed by atoms with Crippen LogP contribution in [0.4, 0.5) is 0 Å². The molecule has 1 nitrogen and oxygen atoms in total. The Morgan fingerprint density at radius 2 is 1.75 bits per heavy atom. The van der Waals surface area contributed by atoms with E-state index in [0.717, 1.165) is 18.8 Å². The van der Waals surface area contributed by atoms with E-state index in [-0.39, 0.29) is 5.92 Å². The van der Waals surface area contributed by atoms with E-state index < -0.39 is 0 Å². The Morgan fingerprint density at radius 3 is 2.17 bits per heavy atom. The predicted octanol–water partition coefficient (Wildman–Crippen LogP) is 3.43. The van der Waals surface area contributed by atoms with E-state index in [1.165, 1.54) is 12.8 Å². The monoisotopic (exact) mass is 170 g/mol. The second-order valence-corrected chi connectivity index (χ2v) is 4.05. The minimum absolute atomic E-state index is 0.221. The first-order chi connectivity index (χ1) is 5.57. The van der Waals surface area contributed by atoms with Crippen molar-refractivity contribution >= 4 is 5.78 Å². The van der Waals surface area contributed by atoms with Gasteiger partial charge in [-0.25, -0.2) is 0 Å². The van der Waals surface area contributed by atoms with Crippen molar-refractivity contribution in [2.45, 2.75) is 53.4 Å². The number of carbonyl (C=O) groups is 1. The Balaban J connectivity index is 3.47. The predicted molar refractivity (Wildman–Crippen MR) is 53.2 cm³/mol. The Bertz CT molecular complexity index is 127. The molecule has 0 spiro atoms. The number of rotatable bonds is 6. The number of carbonyl (C=O) groups excluding carboxylic acids is 1. The van der Waals surface area contributed by atoms with Crippen molar-refractivity contribution in [3.8, 4) is 0 Å². The molecule has 0 aromatic rings. The second-order valence-electron chi connectivity index (χ2n) is 4.05. The van der Waals surface area contributed by atoms with Gasteiger partial charge >= 0.3 is 0 Å². The summed E-state index contributed by atoms with van der Waals surface area (Å²) in [5.41, 5.74) is 0. The fourth-order valence-corrected chi connectivity index (χ4v) is 1.31. The molecule has 12 heavy (non-hydrogen) atoms. The molecule has 0 fully saturated rings. The lowest BCUT2D eigenvalue weighted by atomic mass is 9.96. The highest BCUT2D eigenvalue weighted by Crippen LogP contribution is 2.14. The van der Waals surface area contributed by atoms with Crippen LogP contribution in [0.15, 0.2) is 0 Å². The third kappa shape index (κ3) is 5.34. The van der Waals surface area contributed by atoms with Crippen molar-refractivity contribution in [1.82, 2.24) is 0 Å². The molecule has 0 radical (unpaired) electrons. The van der Waals surface area contributed by atoms with Crippen molar-refractivity contribution in [2.75, 3.05) is 0 Å². The summed E-state index contributed by atoms with van der Waals surface area (Å²) >= 11 is 0. The van der Waals surface area contributed by atoms with Crippen LogP contribution in [0, 0.1) is 11.8 Å². The highest BCUT2D eigenvalue weighted by atomic mass is 16.1. The number of hydrogen-bond donors (Lipinski definition) is 0. The minimum Gasteiger partial charge on any atom is -0.299 e. The molecule has 0 aromatic heterocycles. The SMILES string of the molecule is CCCC(C)CCC(=O)C(C)C. The first kappa shape index (κ1) is 11.7. The van der Waals surface area contributed by atoms with Crippen LogP contribution in [0.1, 0.15) is 53.4 Å². The van der Waals surface area contributed by atoms with Gasteiger partial charge < -0.3 is 0 Å². The number of hydrogen-bond acceptors (Lipinski definition) is 1. The van der Waals surface area contributed by atoms with Gasteiger partial charge in [-0.1, -0.05) is 40.5 Å². The first-order valence-corrected chi connectivity index (χ1v) is 5.10. The van der Waals surface area contributed by atoms with Gasteiger partial charge in [-0.2, -0.15) is 0 Å². The number of ketones is 1. The third-order valence-corrected chi connectivity index (χ3v) is 2.31. The maximum Gasteiger partial charge on any atom is 0.135 e. The van der Waals surface area contributed by atoms with Crippen molar-refractivity contribution in [3.63, 3.8) is 0 Å². The molecule has 0 rings (SSSR count). The highest BCUT2D eigenvalue weighted by Gasteiger charge is 2.08. The Hall–Kier alpha value is -0.330. The van der Waals surface area contributed by atoms with Crippen LogP contribution in [0.3, 0.4) is 0 Å². The quantitative estimate of drug-likeness (QED) is 0.597. The molecule has 0 saturated heterocycles. The molecule has 0 amide bonds. The third-order valence-electron chi connectivity index (χ3n) is 2.31. The van der Waals surface area contributed by atoms with E-state index >= 15 is 0 Å². The normalized spacial score (nSPS) is 13.4. The van der Waals surface area contributed by atoms with Gasteiger partial charge in [0.15, 0.2) is 0 Å². The average Bonchev–Trinajstić information content (AvgIpc) is 2.00. The van der Waals surface area contributed by atoms with Crippen molar-refractivity contribution < 1.29 is 4.79 Å². The Morgan fingerprint density at radius 1 is 1.17 bits per heavy atom. The van der Waals surface area contributed by atoms with Crippen LogP contribution >= 0.6 is 0 Å². The molecule has 1 heteroatoms. The lowest BCUT2D eigenvalue weighted by Gasteiger charge is -2.09. The summed E-state index contributed by atoms with van der Waals surface area (Å²) in [5.74, 6) is 1.36. The molecule has 0 aliphatic rings. The summed E-state index contributed by atoms with van der Waals surface area (Å²) in [4.78, 5) is 11.3. The summed E-state index contributed by atoms with van der Waals surface area (Å²) in [6.07, 6.45) is 4.34. The molecule has 0 N–H and O–H groups in total. The lowest BCUT2D eigenvalue weighted by Crippen LogP contribution is -2.08. The standard InChI is InChI=1S/C11H22O/c1-5-6-10(4)7-8-11(12)9(2)3/h9-10H,5-8H2,1-4H3. The molecule has 0 heterocycles. The van der Waals surface area contributed by atoms with E-state index in [4.69, 9.17) is 0 Å². The molecule has 0 aliphatic heterocycles.